The monoisotopic (exact) mass is 282 g/mol. The molecule has 1 aliphatic rings. The van der Waals surface area contributed by atoms with Crippen molar-refractivity contribution >= 4 is 0 Å². The highest BCUT2D eigenvalue weighted by atomic mass is 16.3. The SMILES string of the molecule is CNCC1Cc2ccccc2CN1Cc1ccc(O)cc1. The summed E-state index contributed by atoms with van der Waals surface area (Å²) in [6.07, 6.45) is 1.09. The number of hydrogen-bond donors (Lipinski definition) is 2. The Morgan fingerprint density at radius 2 is 1.81 bits per heavy atom. The Labute approximate surface area is 126 Å². The Bertz CT molecular complexity index is 594. The van der Waals surface area contributed by atoms with Crippen LogP contribution < -0.4 is 5.32 Å². The van der Waals surface area contributed by atoms with Crippen molar-refractivity contribution in [1.29, 1.82) is 0 Å². The van der Waals surface area contributed by atoms with Crippen molar-refractivity contribution in [1.82, 2.24) is 10.2 Å². The van der Waals surface area contributed by atoms with Crippen LogP contribution in [0.1, 0.15) is 16.7 Å². The van der Waals surface area contributed by atoms with Gasteiger partial charge in [0.15, 0.2) is 0 Å². The summed E-state index contributed by atoms with van der Waals surface area (Å²) in [7, 11) is 2.01. The van der Waals surface area contributed by atoms with E-state index in [1.54, 1.807) is 12.1 Å². The Balaban J connectivity index is 1.80. The molecule has 1 unspecified atom stereocenters. The van der Waals surface area contributed by atoms with Gasteiger partial charge in [-0.3, -0.25) is 4.90 Å². The molecule has 3 nitrogen and oxygen atoms in total. The highest BCUT2D eigenvalue weighted by Gasteiger charge is 2.25. The second-order valence-corrected chi connectivity index (χ2v) is 5.76. The van der Waals surface area contributed by atoms with E-state index in [1.165, 1.54) is 16.7 Å². The topological polar surface area (TPSA) is 35.5 Å². The van der Waals surface area contributed by atoms with E-state index in [-0.39, 0.29) is 0 Å². The van der Waals surface area contributed by atoms with Crippen LogP contribution in [-0.4, -0.2) is 29.6 Å². The highest BCUT2D eigenvalue weighted by Crippen LogP contribution is 2.25. The van der Waals surface area contributed by atoms with Crippen molar-refractivity contribution in [3.63, 3.8) is 0 Å². The Morgan fingerprint density at radius 1 is 1.10 bits per heavy atom. The number of nitrogens with one attached hydrogen (secondary N) is 1. The standard InChI is InChI=1S/C18H22N2O/c1-19-11-17-10-15-4-2-3-5-16(15)13-20(17)12-14-6-8-18(21)9-7-14/h2-9,17,19,21H,10-13H2,1H3. The molecule has 3 heteroatoms. The average Bonchev–Trinajstić information content (AvgIpc) is 2.50. The molecule has 0 aromatic heterocycles. The summed E-state index contributed by atoms with van der Waals surface area (Å²) in [6, 6.07) is 16.8. The lowest BCUT2D eigenvalue weighted by Crippen LogP contribution is -2.45. The van der Waals surface area contributed by atoms with E-state index < -0.39 is 0 Å². The van der Waals surface area contributed by atoms with Crippen molar-refractivity contribution in [3.05, 3.63) is 65.2 Å². The summed E-state index contributed by atoms with van der Waals surface area (Å²) in [4.78, 5) is 2.52. The molecule has 0 amide bonds. The normalized spacial score (nSPS) is 18.4. The van der Waals surface area contributed by atoms with Crippen LogP contribution in [0.15, 0.2) is 48.5 Å². The van der Waals surface area contributed by atoms with Gasteiger partial charge in [0.1, 0.15) is 5.75 Å². The minimum Gasteiger partial charge on any atom is -0.508 e. The van der Waals surface area contributed by atoms with Crippen LogP contribution in [-0.2, 0) is 19.5 Å². The number of benzene rings is 2. The summed E-state index contributed by atoms with van der Waals surface area (Å²) >= 11 is 0. The lowest BCUT2D eigenvalue weighted by Gasteiger charge is -2.37. The van der Waals surface area contributed by atoms with Gasteiger partial charge in [-0.1, -0.05) is 36.4 Å². The first-order valence-corrected chi connectivity index (χ1v) is 7.49. The van der Waals surface area contributed by atoms with Crippen molar-refractivity contribution in [2.24, 2.45) is 0 Å². The summed E-state index contributed by atoms with van der Waals surface area (Å²) in [5, 5.41) is 12.7. The molecule has 1 atom stereocenters. The molecule has 0 fully saturated rings. The molecule has 0 aliphatic carbocycles. The van der Waals surface area contributed by atoms with Crippen molar-refractivity contribution in [2.75, 3.05) is 13.6 Å². The third kappa shape index (κ3) is 3.26. The molecule has 0 saturated heterocycles. The van der Waals surface area contributed by atoms with Crippen molar-refractivity contribution in [3.8, 4) is 5.75 Å². The van der Waals surface area contributed by atoms with E-state index in [0.717, 1.165) is 26.1 Å². The second kappa shape index (κ2) is 6.29. The fraction of sp³-hybridized carbons (Fsp3) is 0.333. The third-order valence-electron chi connectivity index (χ3n) is 4.23. The van der Waals surface area contributed by atoms with Crippen LogP contribution in [0.3, 0.4) is 0 Å². The van der Waals surface area contributed by atoms with Gasteiger partial charge in [0, 0.05) is 25.7 Å². The van der Waals surface area contributed by atoms with Gasteiger partial charge < -0.3 is 10.4 Å². The molecule has 1 aliphatic heterocycles. The van der Waals surface area contributed by atoms with Gasteiger partial charge >= 0.3 is 0 Å². The molecule has 21 heavy (non-hydrogen) atoms. The molecule has 0 saturated carbocycles. The quantitative estimate of drug-likeness (QED) is 0.904. The number of nitrogens with zero attached hydrogens (tertiary/aromatic N) is 1. The van der Waals surface area contributed by atoms with Gasteiger partial charge in [-0.05, 0) is 42.3 Å². The van der Waals surface area contributed by atoms with Gasteiger partial charge in [-0.15, -0.1) is 0 Å². The van der Waals surface area contributed by atoms with Gasteiger partial charge in [0.2, 0.25) is 0 Å². The summed E-state index contributed by atoms with van der Waals surface area (Å²) in [5.41, 5.74) is 4.15. The predicted molar refractivity (Wildman–Crippen MR) is 85.2 cm³/mol. The molecule has 110 valence electrons. The number of fused-ring (bicyclic) bond motifs is 1. The first-order valence-electron chi connectivity index (χ1n) is 7.49. The molecule has 2 aromatic carbocycles. The van der Waals surface area contributed by atoms with E-state index in [2.05, 4.69) is 34.5 Å². The van der Waals surface area contributed by atoms with E-state index in [9.17, 15) is 5.11 Å². The third-order valence-corrected chi connectivity index (χ3v) is 4.23. The number of phenols is 1. The molecule has 0 spiro atoms. The molecular formula is C18H22N2O. The summed E-state index contributed by atoms with van der Waals surface area (Å²) in [6.45, 7) is 2.90. The maximum atomic E-state index is 9.41. The van der Waals surface area contributed by atoms with Crippen LogP contribution in [0.4, 0.5) is 0 Å². The second-order valence-electron chi connectivity index (χ2n) is 5.76. The largest absolute Gasteiger partial charge is 0.508 e. The van der Waals surface area contributed by atoms with Crippen LogP contribution in [0.5, 0.6) is 5.75 Å². The highest BCUT2D eigenvalue weighted by molar-refractivity contribution is 5.31. The maximum absolute atomic E-state index is 9.41. The summed E-state index contributed by atoms with van der Waals surface area (Å²) in [5.74, 6) is 0.328. The zero-order chi connectivity index (χ0) is 14.7. The predicted octanol–water partition coefficient (Wildman–Crippen LogP) is 2.54. The molecule has 0 bridgehead atoms. The Hall–Kier alpha value is -1.84. The maximum Gasteiger partial charge on any atom is 0.115 e. The first kappa shape index (κ1) is 14.1. The smallest absolute Gasteiger partial charge is 0.115 e. The number of likely N-dealkylation sites (N-methyl/N-ethyl adjacent to an activating group) is 1. The van der Waals surface area contributed by atoms with Crippen LogP contribution in [0.2, 0.25) is 0 Å². The minimum atomic E-state index is 0.328. The lowest BCUT2D eigenvalue weighted by molar-refractivity contribution is 0.161. The molecule has 0 radical (unpaired) electrons. The van der Waals surface area contributed by atoms with Crippen LogP contribution >= 0.6 is 0 Å². The number of rotatable bonds is 4. The molecular weight excluding hydrogens is 260 g/mol. The van der Waals surface area contributed by atoms with Crippen molar-refractivity contribution < 1.29 is 5.11 Å². The minimum absolute atomic E-state index is 0.328. The summed E-state index contributed by atoms with van der Waals surface area (Å²) < 4.78 is 0. The van der Waals surface area contributed by atoms with E-state index in [4.69, 9.17) is 0 Å². The zero-order valence-corrected chi connectivity index (χ0v) is 12.4. The van der Waals surface area contributed by atoms with Gasteiger partial charge in [-0.2, -0.15) is 0 Å². The fourth-order valence-electron chi connectivity index (χ4n) is 3.10. The van der Waals surface area contributed by atoms with Gasteiger partial charge in [-0.25, -0.2) is 0 Å². The van der Waals surface area contributed by atoms with Gasteiger partial charge in [0.05, 0.1) is 0 Å². The Morgan fingerprint density at radius 3 is 2.52 bits per heavy atom. The molecule has 2 N–H and O–H groups in total. The zero-order valence-electron chi connectivity index (χ0n) is 12.4. The van der Waals surface area contributed by atoms with Crippen molar-refractivity contribution in [2.45, 2.75) is 25.6 Å². The van der Waals surface area contributed by atoms with E-state index in [1.807, 2.05) is 19.2 Å². The van der Waals surface area contributed by atoms with Crippen LogP contribution in [0, 0.1) is 0 Å². The van der Waals surface area contributed by atoms with E-state index >= 15 is 0 Å². The fourth-order valence-corrected chi connectivity index (χ4v) is 3.10. The number of aromatic hydroxyl groups is 1. The molecule has 2 aromatic rings. The number of hydrogen-bond acceptors (Lipinski definition) is 3. The lowest BCUT2D eigenvalue weighted by atomic mass is 9.93. The molecule has 1 heterocycles. The average molecular weight is 282 g/mol. The molecule has 3 rings (SSSR count). The van der Waals surface area contributed by atoms with Crippen LogP contribution in [0.25, 0.3) is 0 Å². The van der Waals surface area contributed by atoms with E-state index in [0.29, 0.717) is 11.8 Å². The first-order chi connectivity index (χ1) is 10.3. The van der Waals surface area contributed by atoms with Gasteiger partial charge in [0.25, 0.3) is 0 Å². The number of phenolic OH excluding ortho intramolecular Hbond substituents is 1. The Kier molecular flexibility index (Phi) is 4.23.